The zero-order valence-electron chi connectivity index (χ0n) is 12.2. The molecule has 3 nitrogen and oxygen atoms in total. The molecule has 1 aliphatic heterocycles. The van der Waals surface area contributed by atoms with Gasteiger partial charge in [0, 0.05) is 45.1 Å². The van der Waals surface area contributed by atoms with Crippen molar-refractivity contribution in [1.29, 1.82) is 0 Å². The minimum Gasteiger partial charge on any atom is -0.381 e. The lowest BCUT2D eigenvalue weighted by Crippen LogP contribution is -2.39. The van der Waals surface area contributed by atoms with E-state index in [4.69, 9.17) is 4.74 Å². The Balaban J connectivity index is 1.72. The maximum atomic E-state index is 5.37. The average molecular weight is 262 g/mol. The van der Waals surface area contributed by atoms with Crippen LogP contribution in [0.25, 0.3) is 0 Å². The minimum atomic E-state index is 0.643. The van der Waals surface area contributed by atoms with Crippen molar-refractivity contribution in [3.8, 4) is 0 Å². The number of hydrogen-bond donors (Lipinski definition) is 1. The molecule has 0 aromatic heterocycles. The highest BCUT2D eigenvalue weighted by atomic mass is 16.5. The van der Waals surface area contributed by atoms with E-state index in [0.717, 1.165) is 45.6 Å². The van der Waals surface area contributed by atoms with Gasteiger partial charge in [-0.15, -0.1) is 0 Å². The van der Waals surface area contributed by atoms with Crippen molar-refractivity contribution >= 4 is 5.69 Å². The van der Waals surface area contributed by atoms with Crippen LogP contribution in [0.4, 0.5) is 5.69 Å². The highest BCUT2D eigenvalue weighted by Gasteiger charge is 2.12. The Bertz CT molecular complexity index is 358. The van der Waals surface area contributed by atoms with Gasteiger partial charge in [0.05, 0.1) is 0 Å². The molecule has 1 heterocycles. The third-order valence-electron chi connectivity index (χ3n) is 3.89. The van der Waals surface area contributed by atoms with Gasteiger partial charge in [-0.1, -0.05) is 19.1 Å². The predicted octanol–water partition coefficient (Wildman–Crippen LogP) is 2.45. The molecule has 2 rings (SSSR count). The van der Waals surface area contributed by atoms with Crippen LogP contribution >= 0.6 is 0 Å². The summed E-state index contributed by atoms with van der Waals surface area (Å²) >= 11 is 0. The molecule has 0 radical (unpaired) electrons. The molecule has 1 N–H and O–H groups in total. The molecule has 1 saturated heterocycles. The van der Waals surface area contributed by atoms with Gasteiger partial charge in [-0.2, -0.15) is 0 Å². The first-order chi connectivity index (χ1) is 9.29. The Morgan fingerprint density at radius 3 is 2.53 bits per heavy atom. The van der Waals surface area contributed by atoms with Crippen molar-refractivity contribution < 1.29 is 4.74 Å². The first kappa shape index (κ1) is 14.4. The van der Waals surface area contributed by atoms with Gasteiger partial charge in [0.25, 0.3) is 0 Å². The fraction of sp³-hybridized carbons (Fsp3) is 0.625. The molecule has 1 aromatic rings. The Morgan fingerprint density at radius 2 is 1.89 bits per heavy atom. The normalized spacial score (nSPS) is 16.5. The van der Waals surface area contributed by atoms with Crippen LogP contribution in [0, 0.1) is 0 Å². The number of nitrogens with one attached hydrogen (secondary N) is 1. The zero-order valence-corrected chi connectivity index (χ0v) is 12.2. The van der Waals surface area contributed by atoms with Crippen LogP contribution in [-0.4, -0.2) is 39.4 Å². The molecule has 0 bridgehead atoms. The van der Waals surface area contributed by atoms with E-state index in [-0.39, 0.29) is 0 Å². The maximum Gasteiger partial charge on any atom is 0.0480 e. The van der Waals surface area contributed by atoms with Crippen molar-refractivity contribution in [3.63, 3.8) is 0 Å². The van der Waals surface area contributed by atoms with Gasteiger partial charge in [0.1, 0.15) is 0 Å². The number of benzene rings is 1. The van der Waals surface area contributed by atoms with Crippen molar-refractivity contribution in [3.05, 3.63) is 29.8 Å². The highest BCUT2D eigenvalue weighted by Crippen LogP contribution is 2.13. The molecule has 106 valence electrons. The molecule has 1 aromatic carbocycles. The van der Waals surface area contributed by atoms with Gasteiger partial charge in [-0.05, 0) is 37.0 Å². The van der Waals surface area contributed by atoms with Crippen molar-refractivity contribution in [2.75, 3.05) is 38.3 Å². The van der Waals surface area contributed by atoms with Gasteiger partial charge in [-0.25, -0.2) is 0 Å². The largest absolute Gasteiger partial charge is 0.381 e. The van der Waals surface area contributed by atoms with Crippen molar-refractivity contribution in [2.45, 2.75) is 32.2 Å². The van der Waals surface area contributed by atoms with Crippen LogP contribution < -0.4 is 10.2 Å². The Kier molecular flexibility index (Phi) is 5.67. The van der Waals surface area contributed by atoms with Crippen molar-refractivity contribution in [1.82, 2.24) is 5.32 Å². The predicted molar refractivity (Wildman–Crippen MR) is 80.9 cm³/mol. The molecule has 1 aliphatic rings. The lowest BCUT2D eigenvalue weighted by atomic mass is 10.1. The molecule has 0 aliphatic carbocycles. The van der Waals surface area contributed by atoms with E-state index >= 15 is 0 Å². The summed E-state index contributed by atoms with van der Waals surface area (Å²) in [6.07, 6.45) is 3.40. The average Bonchev–Trinajstić information content (AvgIpc) is 2.48. The Labute approximate surface area is 116 Å². The highest BCUT2D eigenvalue weighted by molar-refractivity contribution is 5.46. The van der Waals surface area contributed by atoms with E-state index in [1.807, 2.05) is 0 Å². The van der Waals surface area contributed by atoms with Crippen LogP contribution in [0.1, 0.15) is 25.3 Å². The van der Waals surface area contributed by atoms with Crippen LogP contribution in [-0.2, 0) is 11.2 Å². The summed E-state index contributed by atoms with van der Waals surface area (Å²) in [4.78, 5) is 2.31. The van der Waals surface area contributed by atoms with Gasteiger partial charge in [0.15, 0.2) is 0 Å². The van der Waals surface area contributed by atoms with Crippen LogP contribution in [0.2, 0.25) is 0 Å². The molecular formula is C16H26N2O. The molecule has 1 fully saturated rings. The van der Waals surface area contributed by atoms with E-state index in [1.165, 1.54) is 11.3 Å². The molecule has 0 atom stereocenters. The van der Waals surface area contributed by atoms with Gasteiger partial charge in [0.2, 0.25) is 0 Å². The van der Waals surface area contributed by atoms with Crippen molar-refractivity contribution in [2.24, 2.45) is 0 Å². The number of anilines is 1. The summed E-state index contributed by atoms with van der Waals surface area (Å²) in [5.74, 6) is 0. The zero-order chi connectivity index (χ0) is 13.5. The Hall–Kier alpha value is -1.06. The molecule has 0 saturated carbocycles. The third-order valence-corrected chi connectivity index (χ3v) is 3.89. The molecule has 3 heteroatoms. The van der Waals surface area contributed by atoms with Gasteiger partial charge in [-0.3, -0.25) is 0 Å². The first-order valence-electron chi connectivity index (χ1n) is 7.41. The monoisotopic (exact) mass is 262 g/mol. The van der Waals surface area contributed by atoms with E-state index in [9.17, 15) is 0 Å². The second-order valence-electron chi connectivity index (χ2n) is 5.28. The number of likely N-dealkylation sites (N-methyl/N-ethyl adjacent to an activating group) is 1. The maximum absolute atomic E-state index is 5.37. The number of hydrogen-bond acceptors (Lipinski definition) is 3. The quantitative estimate of drug-likeness (QED) is 0.852. The standard InChI is InChI=1S/C16H26N2O/c1-3-14-4-6-16(7-5-14)18(2)11-10-17-15-8-12-19-13-9-15/h4-7,15,17H,3,8-13H2,1-2H3. The first-order valence-corrected chi connectivity index (χ1v) is 7.41. The summed E-state index contributed by atoms with van der Waals surface area (Å²) in [6.45, 7) is 6.09. The fourth-order valence-corrected chi connectivity index (χ4v) is 2.45. The molecule has 0 unspecified atom stereocenters. The molecular weight excluding hydrogens is 236 g/mol. The number of aryl methyl sites for hydroxylation is 1. The minimum absolute atomic E-state index is 0.643. The lowest BCUT2D eigenvalue weighted by molar-refractivity contribution is 0.0783. The second-order valence-corrected chi connectivity index (χ2v) is 5.28. The van der Waals surface area contributed by atoms with E-state index in [0.29, 0.717) is 6.04 Å². The SMILES string of the molecule is CCc1ccc(N(C)CCNC2CCOCC2)cc1. The van der Waals surface area contributed by atoms with E-state index in [1.54, 1.807) is 0 Å². The second kappa shape index (κ2) is 7.51. The number of ether oxygens (including phenoxy) is 1. The summed E-state index contributed by atoms with van der Waals surface area (Å²) in [5.41, 5.74) is 2.70. The van der Waals surface area contributed by atoms with Crippen LogP contribution in [0.3, 0.4) is 0 Å². The van der Waals surface area contributed by atoms with Gasteiger partial charge >= 0.3 is 0 Å². The summed E-state index contributed by atoms with van der Waals surface area (Å²) in [6, 6.07) is 9.51. The van der Waals surface area contributed by atoms with Gasteiger partial charge < -0.3 is 15.0 Å². The number of rotatable bonds is 6. The van der Waals surface area contributed by atoms with E-state index < -0.39 is 0 Å². The van der Waals surface area contributed by atoms with Crippen LogP contribution in [0.5, 0.6) is 0 Å². The number of nitrogens with zero attached hydrogens (tertiary/aromatic N) is 1. The summed E-state index contributed by atoms with van der Waals surface area (Å²) in [7, 11) is 2.16. The third kappa shape index (κ3) is 4.51. The topological polar surface area (TPSA) is 24.5 Å². The molecule has 0 spiro atoms. The fourth-order valence-electron chi connectivity index (χ4n) is 2.45. The summed E-state index contributed by atoms with van der Waals surface area (Å²) in [5, 5.41) is 3.62. The Morgan fingerprint density at radius 1 is 1.21 bits per heavy atom. The molecule has 0 amide bonds. The lowest BCUT2D eigenvalue weighted by Gasteiger charge is -2.25. The van der Waals surface area contributed by atoms with E-state index in [2.05, 4.69) is 48.5 Å². The smallest absolute Gasteiger partial charge is 0.0480 e. The molecule has 19 heavy (non-hydrogen) atoms. The van der Waals surface area contributed by atoms with Crippen LogP contribution in [0.15, 0.2) is 24.3 Å². The summed E-state index contributed by atoms with van der Waals surface area (Å²) < 4.78 is 5.37.